The lowest BCUT2D eigenvalue weighted by molar-refractivity contribution is 0.146. The molecule has 1 aromatic rings. The maximum absolute atomic E-state index is 12.5. The fourth-order valence-corrected chi connectivity index (χ4v) is 0.714. The molecule has 0 fully saturated rings. The lowest BCUT2D eigenvalue weighted by Crippen LogP contribution is -2.03. The molecule has 0 saturated carbocycles. The van der Waals surface area contributed by atoms with Crippen LogP contribution in [0.1, 0.15) is 12.0 Å². The number of nitrogen functional groups attached to an aromatic ring is 1. The van der Waals surface area contributed by atoms with E-state index >= 15 is 0 Å². The van der Waals surface area contributed by atoms with E-state index in [9.17, 15) is 17.6 Å². The first-order valence-electron chi connectivity index (χ1n) is 2.91. The molecule has 0 aliphatic rings. The van der Waals surface area contributed by atoms with Gasteiger partial charge in [-0.1, -0.05) is 0 Å². The number of nitrogens with two attached hydrogens (primary N) is 1. The van der Waals surface area contributed by atoms with Crippen LogP contribution in [-0.2, 0) is 0 Å². The van der Waals surface area contributed by atoms with Crippen LogP contribution in [0.5, 0.6) is 0 Å². The third-order valence-electron chi connectivity index (χ3n) is 1.28. The van der Waals surface area contributed by atoms with Gasteiger partial charge in [0.05, 0.1) is 17.4 Å². The van der Waals surface area contributed by atoms with Crippen molar-refractivity contribution in [3.63, 3.8) is 0 Å². The molecule has 0 saturated heterocycles. The van der Waals surface area contributed by atoms with Crippen LogP contribution >= 0.6 is 0 Å². The minimum Gasteiger partial charge on any atom is -0.395 e. The summed E-state index contributed by atoms with van der Waals surface area (Å²) in [6, 6.07) is 0. The summed E-state index contributed by atoms with van der Waals surface area (Å²) in [7, 11) is 0. The van der Waals surface area contributed by atoms with Gasteiger partial charge < -0.3 is 5.73 Å². The van der Waals surface area contributed by atoms with Crippen molar-refractivity contribution in [2.45, 2.75) is 6.43 Å². The Morgan fingerprint density at radius 2 is 1.92 bits per heavy atom. The highest BCUT2D eigenvalue weighted by Gasteiger charge is 2.20. The SMILES string of the molecule is Nc1c(F)ncc(F)c1C(F)F. The van der Waals surface area contributed by atoms with Crippen LogP contribution in [0.3, 0.4) is 0 Å². The van der Waals surface area contributed by atoms with Crippen molar-refractivity contribution >= 4 is 5.69 Å². The van der Waals surface area contributed by atoms with Crippen LogP contribution < -0.4 is 5.73 Å². The lowest BCUT2D eigenvalue weighted by Gasteiger charge is -2.04. The zero-order valence-electron chi connectivity index (χ0n) is 5.69. The standard InChI is InChI=1S/C6H4F4N2/c7-2-1-12-6(10)4(11)3(2)5(8)9/h1,5H,11H2. The van der Waals surface area contributed by atoms with E-state index in [1.807, 2.05) is 0 Å². The zero-order chi connectivity index (χ0) is 9.30. The Morgan fingerprint density at radius 3 is 2.33 bits per heavy atom. The number of halogens is 4. The number of nitrogens with zero attached hydrogens (tertiary/aromatic N) is 1. The van der Waals surface area contributed by atoms with Crippen molar-refractivity contribution in [3.8, 4) is 0 Å². The topological polar surface area (TPSA) is 38.9 Å². The van der Waals surface area contributed by atoms with Crippen LogP contribution in [0.15, 0.2) is 6.20 Å². The van der Waals surface area contributed by atoms with Crippen LogP contribution in [0.2, 0.25) is 0 Å². The highest BCUT2D eigenvalue weighted by atomic mass is 19.3. The first-order chi connectivity index (χ1) is 5.54. The van der Waals surface area contributed by atoms with E-state index < -0.39 is 29.4 Å². The van der Waals surface area contributed by atoms with E-state index in [4.69, 9.17) is 5.73 Å². The molecule has 0 aliphatic carbocycles. The number of pyridine rings is 1. The molecule has 0 spiro atoms. The molecule has 1 rings (SSSR count). The molecule has 0 atom stereocenters. The quantitative estimate of drug-likeness (QED) is 0.529. The largest absolute Gasteiger partial charge is 0.395 e. The first kappa shape index (κ1) is 8.76. The van der Waals surface area contributed by atoms with E-state index in [2.05, 4.69) is 4.98 Å². The minimum atomic E-state index is -3.14. The molecule has 0 aliphatic heterocycles. The summed E-state index contributed by atoms with van der Waals surface area (Å²) in [4.78, 5) is 2.82. The van der Waals surface area contributed by atoms with Crippen molar-refractivity contribution in [1.82, 2.24) is 4.98 Å². The second-order valence-electron chi connectivity index (χ2n) is 2.02. The first-order valence-corrected chi connectivity index (χ1v) is 2.91. The van der Waals surface area contributed by atoms with Crippen LogP contribution in [0, 0.1) is 11.8 Å². The molecule has 66 valence electrons. The molecule has 0 unspecified atom stereocenters. The van der Waals surface area contributed by atoms with E-state index in [0.29, 0.717) is 6.20 Å². The molecular weight excluding hydrogens is 176 g/mol. The summed E-state index contributed by atoms with van der Waals surface area (Å²) in [6.07, 6.45) is -2.77. The Bertz CT molecular complexity index is 300. The van der Waals surface area contributed by atoms with Crippen LogP contribution in [-0.4, -0.2) is 4.98 Å². The molecule has 1 heterocycles. The fourth-order valence-electron chi connectivity index (χ4n) is 0.714. The number of hydrogen-bond acceptors (Lipinski definition) is 2. The van der Waals surface area contributed by atoms with Crippen molar-refractivity contribution in [2.75, 3.05) is 5.73 Å². The van der Waals surface area contributed by atoms with Gasteiger partial charge in [0.25, 0.3) is 6.43 Å². The second kappa shape index (κ2) is 2.96. The van der Waals surface area contributed by atoms with E-state index in [1.54, 1.807) is 0 Å². The van der Waals surface area contributed by atoms with Gasteiger partial charge in [0, 0.05) is 0 Å². The van der Waals surface area contributed by atoms with E-state index in [-0.39, 0.29) is 0 Å². The predicted octanol–water partition coefficient (Wildman–Crippen LogP) is 1.88. The Kier molecular flexibility index (Phi) is 2.16. The maximum Gasteiger partial charge on any atom is 0.268 e. The molecule has 0 bridgehead atoms. The molecule has 0 amide bonds. The number of anilines is 1. The molecular formula is C6H4F4N2. The summed E-state index contributed by atoms with van der Waals surface area (Å²) >= 11 is 0. The Balaban J connectivity index is 3.33. The molecule has 0 aromatic carbocycles. The van der Waals surface area contributed by atoms with Crippen molar-refractivity contribution in [1.29, 1.82) is 0 Å². The average Bonchev–Trinajstić information content (AvgIpc) is 1.97. The average molecular weight is 180 g/mol. The molecule has 2 nitrogen and oxygen atoms in total. The monoisotopic (exact) mass is 180 g/mol. The van der Waals surface area contributed by atoms with Gasteiger partial charge in [0.15, 0.2) is 5.82 Å². The summed E-state index contributed by atoms with van der Waals surface area (Å²) in [5.41, 5.74) is 2.75. The van der Waals surface area contributed by atoms with E-state index in [1.165, 1.54) is 0 Å². The predicted molar refractivity (Wildman–Crippen MR) is 33.5 cm³/mol. The van der Waals surface area contributed by atoms with Gasteiger partial charge in [-0.05, 0) is 0 Å². The van der Waals surface area contributed by atoms with Gasteiger partial charge in [-0.15, -0.1) is 0 Å². The molecule has 2 N–H and O–H groups in total. The molecule has 6 heteroatoms. The van der Waals surface area contributed by atoms with Gasteiger partial charge in [-0.3, -0.25) is 0 Å². The normalized spacial score (nSPS) is 10.8. The summed E-state index contributed by atoms with van der Waals surface area (Å²) in [5, 5.41) is 0. The number of hydrogen-bond donors (Lipinski definition) is 1. The van der Waals surface area contributed by atoms with Gasteiger partial charge in [-0.25, -0.2) is 18.2 Å². The summed E-state index contributed by atoms with van der Waals surface area (Å²) in [6.45, 7) is 0. The zero-order valence-corrected chi connectivity index (χ0v) is 5.69. The third kappa shape index (κ3) is 1.32. The molecule has 0 radical (unpaired) electrons. The highest BCUT2D eigenvalue weighted by molar-refractivity contribution is 5.46. The van der Waals surface area contributed by atoms with Crippen molar-refractivity contribution in [3.05, 3.63) is 23.5 Å². The molecule has 1 aromatic heterocycles. The maximum atomic E-state index is 12.5. The summed E-state index contributed by atoms with van der Waals surface area (Å²) in [5.74, 6) is -2.59. The van der Waals surface area contributed by atoms with Crippen LogP contribution in [0.25, 0.3) is 0 Å². The number of rotatable bonds is 1. The lowest BCUT2D eigenvalue weighted by atomic mass is 10.2. The van der Waals surface area contributed by atoms with Gasteiger partial charge in [0.2, 0.25) is 5.95 Å². The molecule has 12 heavy (non-hydrogen) atoms. The fraction of sp³-hybridized carbons (Fsp3) is 0.167. The van der Waals surface area contributed by atoms with Gasteiger partial charge in [0.1, 0.15) is 0 Å². The van der Waals surface area contributed by atoms with Crippen LogP contribution in [0.4, 0.5) is 23.2 Å². The van der Waals surface area contributed by atoms with Crippen molar-refractivity contribution < 1.29 is 17.6 Å². The Morgan fingerprint density at radius 1 is 1.33 bits per heavy atom. The Hall–Kier alpha value is -1.33. The third-order valence-corrected chi connectivity index (χ3v) is 1.28. The second-order valence-corrected chi connectivity index (χ2v) is 2.02. The van der Waals surface area contributed by atoms with Gasteiger partial charge in [-0.2, -0.15) is 4.39 Å². The van der Waals surface area contributed by atoms with Crippen molar-refractivity contribution in [2.24, 2.45) is 0 Å². The smallest absolute Gasteiger partial charge is 0.268 e. The highest BCUT2D eigenvalue weighted by Crippen LogP contribution is 2.28. The minimum absolute atomic E-state index is 0.368. The van der Waals surface area contributed by atoms with E-state index in [0.717, 1.165) is 0 Å². The number of alkyl halides is 2. The Labute approximate surface area is 65.0 Å². The van der Waals surface area contributed by atoms with Gasteiger partial charge >= 0.3 is 0 Å². The number of aromatic nitrogens is 1. The summed E-state index contributed by atoms with van der Waals surface area (Å²) < 4.78 is 48.8.